The van der Waals surface area contributed by atoms with Crippen LogP contribution in [0.5, 0.6) is 0 Å². The second kappa shape index (κ2) is 3.00. The van der Waals surface area contributed by atoms with Gasteiger partial charge in [-0.25, -0.2) is 13.6 Å². The molecule has 72 valence electrons. The first kappa shape index (κ1) is 9.04. The summed E-state index contributed by atoms with van der Waals surface area (Å²) < 4.78 is 22.0. The molecular formula is C8H7N3O2S. The Bertz CT molecular complexity index is 580. The van der Waals surface area contributed by atoms with Crippen molar-refractivity contribution in [2.45, 2.75) is 4.90 Å². The minimum Gasteiger partial charge on any atom is -0.225 e. The van der Waals surface area contributed by atoms with Crippen LogP contribution in [-0.4, -0.2) is 18.6 Å². The van der Waals surface area contributed by atoms with E-state index >= 15 is 0 Å². The molecule has 2 rings (SSSR count). The minimum atomic E-state index is -3.66. The van der Waals surface area contributed by atoms with Gasteiger partial charge in [-0.2, -0.15) is 10.2 Å². The van der Waals surface area contributed by atoms with Crippen molar-refractivity contribution >= 4 is 20.9 Å². The molecule has 0 spiro atoms. The molecule has 0 bridgehead atoms. The maximum Gasteiger partial charge on any atom is 0.238 e. The number of hydrogen-bond acceptors (Lipinski definition) is 4. The van der Waals surface area contributed by atoms with Crippen molar-refractivity contribution in [3.8, 4) is 0 Å². The van der Waals surface area contributed by atoms with Crippen molar-refractivity contribution < 1.29 is 8.42 Å². The van der Waals surface area contributed by atoms with Gasteiger partial charge in [0.15, 0.2) is 0 Å². The first-order valence-corrected chi connectivity index (χ1v) is 5.36. The van der Waals surface area contributed by atoms with Gasteiger partial charge in [0.2, 0.25) is 10.0 Å². The third-order valence-corrected chi connectivity index (χ3v) is 2.73. The SMILES string of the molecule is NS(=O)(=O)c1ccc2ccnnc2c1. The van der Waals surface area contributed by atoms with E-state index in [9.17, 15) is 8.42 Å². The van der Waals surface area contributed by atoms with Crippen LogP contribution >= 0.6 is 0 Å². The molecular weight excluding hydrogens is 202 g/mol. The molecule has 1 aromatic carbocycles. The molecule has 0 unspecified atom stereocenters. The van der Waals surface area contributed by atoms with Crippen molar-refractivity contribution in [3.05, 3.63) is 30.5 Å². The van der Waals surface area contributed by atoms with Gasteiger partial charge in [0.25, 0.3) is 0 Å². The zero-order valence-electron chi connectivity index (χ0n) is 7.08. The van der Waals surface area contributed by atoms with E-state index in [1.165, 1.54) is 12.1 Å². The summed E-state index contributed by atoms with van der Waals surface area (Å²) in [5.74, 6) is 0. The first-order chi connectivity index (χ1) is 6.57. The summed E-state index contributed by atoms with van der Waals surface area (Å²) in [4.78, 5) is 0.0468. The van der Waals surface area contributed by atoms with Crippen molar-refractivity contribution in [2.75, 3.05) is 0 Å². The van der Waals surface area contributed by atoms with Gasteiger partial charge in [-0.05, 0) is 18.2 Å². The zero-order chi connectivity index (χ0) is 10.2. The van der Waals surface area contributed by atoms with E-state index in [4.69, 9.17) is 5.14 Å². The Balaban J connectivity index is 2.75. The molecule has 0 aliphatic heterocycles. The van der Waals surface area contributed by atoms with Crippen LogP contribution in [0.4, 0.5) is 0 Å². The van der Waals surface area contributed by atoms with E-state index in [1.807, 2.05) is 0 Å². The second-order valence-electron chi connectivity index (χ2n) is 2.80. The van der Waals surface area contributed by atoms with Crippen LogP contribution in [-0.2, 0) is 10.0 Å². The third kappa shape index (κ3) is 1.57. The van der Waals surface area contributed by atoms with Gasteiger partial charge in [-0.1, -0.05) is 6.07 Å². The van der Waals surface area contributed by atoms with Gasteiger partial charge in [0.1, 0.15) is 0 Å². The lowest BCUT2D eigenvalue weighted by Gasteiger charge is -1.99. The number of rotatable bonds is 1. The molecule has 0 atom stereocenters. The quantitative estimate of drug-likeness (QED) is 0.730. The molecule has 1 aromatic heterocycles. The van der Waals surface area contributed by atoms with E-state index in [0.29, 0.717) is 5.52 Å². The van der Waals surface area contributed by atoms with Gasteiger partial charge in [-0.15, -0.1) is 0 Å². The lowest BCUT2D eigenvalue weighted by molar-refractivity contribution is 0.598. The average Bonchev–Trinajstić information content (AvgIpc) is 2.16. The highest BCUT2D eigenvalue weighted by Gasteiger charge is 2.08. The lowest BCUT2D eigenvalue weighted by atomic mass is 10.2. The van der Waals surface area contributed by atoms with Gasteiger partial charge < -0.3 is 0 Å². The van der Waals surface area contributed by atoms with Gasteiger partial charge >= 0.3 is 0 Å². The number of aromatic nitrogens is 2. The fourth-order valence-electron chi connectivity index (χ4n) is 1.14. The number of benzene rings is 1. The number of fused-ring (bicyclic) bond motifs is 1. The lowest BCUT2D eigenvalue weighted by Crippen LogP contribution is -2.11. The molecule has 0 saturated carbocycles. The third-order valence-electron chi connectivity index (χ3n) is 1.82. The Morgan fingerprint density at radius 3 is 2.71 bits per heavy atom. The topological polar surface area (TPSA) is 85.9 Å². The number of hydrogen-bond donors (Lipinski definition) is 1. The number of primary sulfonamides is 1. The summed E-state index contributed by atoms with van der Waals surface area (Å²) in [6, 6.07) is 6.23. The van der Waals surface area contributed by atoms with Gasteiger partial charge in [-0.3, -0.25) is 0 Å². The van der Waals surface area contributed by atoms with E-state index in [1.54, 1.807) is 18.3 Å². The highest BCUT2D eigenvalue weighted by atomic mass is 32.2. The van der Waals surface area contributed by atoms with E-state index in [-0.39, 0.29) is 4.90 Å². The van der Waals surface area contributed by atoms with E-state index in [0.717, 1.165) is 5.39 Å². The molecule has 2 N–H and O–H groups in total. The Hall–Kier alpha value is -1.53. The summed E-state index contributed by atoms with van der Waals surface area (Å²) in [5, 5.41) is 13.2. The number of sulfonamides is 1. The van der Waals surface area contributed by atoms with Crippen LogP contribution in [0.2, 0.25) is 0 Å². The largest absolute Gasteiger partial charge is 0.238 e. The van der Waals surface area contributed by atoms with Crippen LogP contribution in [0.15, 0.2) is 35.4 Å². The van der Waals surface area contributed by atoms with Gasteiger partial charge in [0.05, 0.1) is 16.6 Å². The van der Waals surface area contributed by atoms with E-state index in [2.05, 4.69) is 10.2 Å². The summed E-state index contributed by atoms with van der Waals surface area (Å²) in [7, 11) is -3.66. The minimum absolute atomic E-state index is 0.0468. The molecule has 2 aromatic rings. The molecule has 1 heterocycles. The maximum atomic E-state index is 11.0. The van der Waals surface area contributed by atoms with Crippen molar-refractivity contribution in [2.24, 2.45) is 5.14 Å². The first-order valence-electron chi connectivity index (χ1n) is 3.82. The number of nitrogens with zero attached hydrogens (tertiary/aromatic N) is 2. The standard InChI is InChI=1S/C8H7N3O2S/c9-14(12,13)7-2-1-6-3-4-10-11-8(6)5-7/h1-5H,(H2,9,12,13). The highest BCUT2D eigenvalue weighted by molar-refractivity contribution is 7.89. The average molecular weight is 209 g/mol. The van der Waals surface area contributed by atoms with Crippen molar-refractivity contribution in [1.29, 1.82) is 0 Å². The molecule has 0 radical (unpaired) electrons. The van der Waals surface area contributed by atoms with Crippen molar-refractivity contribution in [1.82, 2.24) is 10.2 Å². The summed E-state index contributed by atoms with van der Waals surface area (Å²) in [5.41, 5.74) is 0.513. The molecule has 6 heteroatoms. The molecule has 0 aliphatic carbocycles. The predicted molar refractivity (Wildman–Crippen MR) is 50.9 cm³/mol. The normalized spacial score (nSPS) is 11.8. The molecule has 0 amide bonds. The Labute approximate surface area is 80.6 Å². The second-order valence-corrected chi connectivity index (χ2v) is 4.36. The van der Waals surface area contributed by atoms with Crippen LogP contribution < -0.4 is 5.14 Å². The van der Waals surface area contributed by atoms with Gasteiger partial charge in [0, 0.05) is 5.39 Å². The maximum absolute atomic E-state index is 11.0. The molecule has 0 aliphatic rings. The summed E-state index contributed by atoms with van der Waals surface area (Å²) in [6.45, 7) is 0. The molecule has 0 saturated heterocycles. The summed E-state index contributed by atoms with van der Waals surface area (Å²) >= 11 is 0. The van der Waals surface area contributed by atoms with Crippen LogP contribution in [0.3, 0.4) is 0 Å². The fraction of sp³-hybridized carbons (Fsp3) is 0. The smallest absolute Gasteiger partial charge is 0.225 e. The zero-order valence-corrected chi connectivity index (χ0v) is 7.90. The fourth-order valence-corrected chi connectivity index (χ4v) is 1.67. The van der Waals surface area contributed by atoms with Crippen LogP contribution in [0, 0.1) is 0 Å². The highest BCUT2D eigenvalue weighted by Crippen LogP contribution is 2.14. The Kier molecular flexibility index (Phi) is 1.94. The van der Waals surface area contributed by atoms with Crippen LogP contribution in [0.1, 0.15) is 0 Å². The monoisotopic (exact) mass is 209 g/mol. The molecule has 5 nitrogen and oxygen atoms in total. The Morgan fingerprint density at radius 1 is 1.21 bits per heavy atom. The van der Waals surface area contributed by atoms with Crippen molar-refractivity contribution in [3.63, 3.8) is 0 Å². The summed E-state index contributed by atoms with van der Waals surface area (Å²) in [6.07, 6.45) is 1.54. The molecule has 0 fully saturated rings. The Morgan fingerprint density at radius 2 is 2.00 bits per heavy atom. The van der Waals surface area contributed by atoms with E-state index < -0.39 is 10.0 Å². The number of nitrogens with two attached hydrogens (primary N) is 1. The predicted octanol–water partition coefficient (Wildman–Crippen LogP) is 0.277. The molecule has 14 heavy (non-hydrogen) atoms. The van der Waals surface area contributed by atoms with Crippen LogP contribution in [0.25, 0.3) is 10.9 Å².